The Balaban J connectivity index is 1.39. The number of hydrogen-bond donors (Lipinski definition) is 1. The van der Waals surface area contributed by atoms with Gasteiger partial charge in [-0.15, -0.1) is 0 Å². The van der Waals surface area contributed by atoms with E-state index in [0.717, 1.165) is 56.7 Å². The molecule has 6 rings (SSSR count). The molecule has 1 N–H and O–H groups in total. The predicted molar refractivity (Wildman–Crippen MR) is 161 cm³/mol. The molecule has 2 fully saturated rings. The van der Waals surface area contributed by atoms with E-state index in [-0.39, 0.29) is 5.91 Å². The molecule has 2 aliphatic rings. The van der Waals surface area contributed by atoms with E-state index >= 15 is 0 Å². The van der Waals surface area contributed by atoms with Crippen LogP contribution in [0.1, 0.15) is 59.2 Å². The second-order valence-electron chi connectivity index (χ2n) is 11.5. The molecular formula is C34H36F3N5O. The van der Waals surface area contributed by atoms with E-state index in [2.05, 4.69) is 20.1 Å². The molecule has 2 saturated heterocycles. The Morgan fingerprint density at radius 3 is 2.42 bits per heavy atom. The van der Waals surface area contributed by atoms with Gasteiger partial charge in [0, 0.05) is 36.5 Å². The number of pyridine rings is 2. The van der Waals surface area contributed by atoms with Crippen LogP contribution in [-0.4, -0.2) is 57.9 Å². The van der Waals surface area contributed by atoms with Crippen molar-refractivity contribution in [2.24, 2.45) is 0 Å². The number of likely N-dealkylation sites (tertiary alicyclic amines) is 2. The molecule has 4 aromatic rings. The fourth-order valence-electron chi connectivity index (χ4n) is 6.43. The van der Waals surface area contributed by atoms with Crippen LogP contribution < -0.4 is 5.32 Å². The predicted octanol–water partition coefficient (Wildman–Crippen LogP) is 6.70. The van der Waals surface area contributed by atoms with Crippen LogP contribution in [0.15, 0.2) is 72.9 Å². The lowest BCUT2D eigenvalue weighted by Crippen LogP contribution is -2.46. The SMILES string of the molecule is O=C(NCc1ccccc1)c1c(CN2CCC(N3CCCCC3)CC2)c(-c2cccc(C(F)(F)F)c2)nc2cccnc12. The van der Waals surface area contributed by atoms with Gasteiger partial charge < -0.3 is 10.2 Å². The molecule has 0 aliphatic carbocycles. The topological polar surface area (TPSA) is 61.4 Å². The zero-order valence-electron chi connectivity index (χ0n) is 24.1. The molecule has 0 saturated carbocycles. The second-order valence-corrected chi connectivity index (χ2v) is 11.5. The third-order valence-electron chi connectivity index (χ3n) is 8.68. The quantitative estimate of drug-likeness (QED) is 0.261. The van der Waals surface area contributed by atoms with Crippen molar-refractivity contribution in [1.29, 1.82) is 0 Å². The van der Waals surface area contributed by atoms with E-state index in [1.165, 1.54) is 25.3 Å². The first kappa shape index (κ1) is 29.3. The van der Waals surface area contributed by atoms with Crippen molar-refractivity contribution in [1.82, 2.24) is 25.1 Å². The Morgan fingerprint density at radius 1 is 0.907 bits per heavy atom. The fourth-order valence-corrected chi connectivity index (χ4v) is 6.43. The Labute approximate surface area is 249 Å². The zero-order chi connectivity index (χ0) is 29.8. The lowest BCUT2D eigenvalue weighted by Gasteiger charge is -2.40. The molecule has 2 aromatic heterocycles. The number of nitrogens with one attached hydrogen (secondary N) is 1. The van der Waals surface area contributed by atoms with E-state index in [9.17, 15) is 18.0 Å². The summed E-state index contributed by atoms with van der Waals surface area (Å²) in [6, 6.07) is 18.9. The highest BCUT2D eigenvalue weighted by Crippen LogP contribution is 2.36. The van der Waals surface area contributed by atoms with Gasteiger partial charge >= 0.3 is 6.18 Å². The first-order valence-electron chi connectivity index (χ1n) is 15.1. The molecule has 2 aliphatic heterocycles. The Morgan fingerprint density at radius 2 is 1.67 bits per heavy atom. The summed E-state index contributed by atoms with van der Waals surface area (Å²) in [5.74, 6) is -0.318. The standard InChI is InChI=1S/C34H36F3N5O/c35-34(36,37)26-12-7-11-25(21-26)31-28(23-41-19-14-27(15-20-41)42-17-5-2-6-18-42)30(32-29(40-31)13-8-16-38-32)33(43)39-22-24-9-3-1-4-10-24/h1,3-4,7-13,16,21,27H,2,5-6,14-15,17-20,22-23H2,(H,39,43). The zero-order valence-corrected chi connectivity index (χ0v) is 24.1. The van der Waals surface area contributed by atoms with Crippen LogP contribution in [0.2, 0.25) is 0 Å². The highest BCUT2D eigenvalue weighted by atomic mass is 19.4. The fraction of sp³-hybridized carbons (Fsp3) is 0.382. The van der Waals surface area contributed by atoms with E-state index in [0.29, 0.717) is 52.5 Å². The van der Waals surface area contributed by atoms with Crippen LogP contribution in [0.25, 0.3) is 22.3 Å². The summed E-state index contributed by atoms with van der Waals surface area (Å²) >= 11 is 0. The maximum absolute atomic E-state index is 14.0. The third kappa shape index (κ3) is 6.73. The second kappa shape index (κ2) is 12.8. The summed E-state index contributed by atoms with van der Waals surface area (Å²) in [6.07, 6.45) is 2.96. The number of fused-ring (bicyclic) bond motifs is 1. The lowest BCUT2D eigenvalue weighted by molar-refractivity contribution is -0.137. The minimum atomic E-state index is -4.50. The number of halogens is 3. The van der Waals surface area contributed by atoms with E-state index in [1.807, 2.05) is 30.3 Å². The molecule has 2 aromatic carbocycles. The maximum Gasteiger partial charge on any atom is 0.416 e. The van der Waals surface area contributed by atoms with Gasteiger partial charge in [0.15, 0.2) is 0 Å². The first-order chi connectivity index (χ1) is 20.9. The number of piperidine rings is 2. The van der Waals surface area contributed by atoms with Gasteiger partial charge in [-0.05, 0) is 81.7 Å². The molecule has 6 nitrogen and oxygen atoms in total. The van der Waals surface area contributed by atoms with Gasteiger partial charge in [0.05, 0.1) is 22.3 Å². The summed E-state index contributed by atoms with van der Waals surface area (Å²) in [6.45, 7) is 4.69. The van der Waals surface area contributed by atoms with Gasteiger partial charge in [0.2, 0.25) is 0 Å². The number of hydrogen-bond acceptors (Lipinski definition) is 5. The number of carbonyl (C=O) groups excluding carboxylic acids is 1. The van der Waals surface area contributed by atoms with Crippen molar-refractivity contribution >= 4 is 16.9 Å². The molecule has 224 valence electrons. The molecule has 9 heteroatoms. The van der Waals surface area contributed by atoms with Crippen LogP contribution in [0.5, 0.6) is 0 Å². The molecule has 1 amide bonds. The number of aromatic nitrogens is 2. The van der Waals surface area contributed by atoms with Crippen LogP contribution in [-0.2, 0) is 19.3 Å². The first-order valence-corrected chi connectivity index (χ1v) is 15.1. The summed E-state index contributed by atoms with van der Waals surface area (Å²) in [5.41, 5.74) is 2.79. The number of benzene rings is 2. The highest BCUT2D eigenvalue weighted by molar-refractivity contribution is 6.07. The Bertz CT molecular complexity index is 1560. The number of carbonyl (C=O) groups is 1. The van der Waals surface area contributed by atoms with Crippen LogP contribution in [0, 0.1) is 0 Å². The summed E-state index contributed by atoms with van der Waals surface area (Å²) in [5, 5.41) is 3.04. The summed E-state index contributed by atoms with van der Waals surface area (Å²) < 4.78 is 41.3. The van der Waals surface area contributed by atoms with Crippen molar-refractivity contribution in [2.75, 3.05) is 26.2 Å². The maximum atomic E-state index is 14.0. The molecule has 0 spiro atoms. The number of nitrogens with zero attached hydrogens (tertiary/aromatic N) is 4. The van der Waals surface area contributed by atoms with Crippen LogP contribution in [0.3, 0.4) is 0 Å². The van der Waals surface area contributed by atoms with E-state index in [4.69, 9.17) is 4.98 Å². The number of rotatable bonds is 7. The van der Waals surface area contributed by atoms with Crippen molar-refractivity contribution < 1.29 is 18.0 Å². The number of alkyl halides is 3. The minimum absolute atomic E-state index is 0.315. The van der Waals surface area contributed by atoms with Gasteiger partial charge in [0.1, 0.15) is 5.52 Å². The molecule has 0 atom stereocenters. The van der Waals surface area contributed by atoms with Gasteiger partial charge in [-0.2, -0.15) is 13.2 Å². The summed E-state index contributed by atoms with van der Waals surface area (Å²) in [7, 11) is 0. The summed E-state index contributed by atoms with van der Waals surface area (Å²) in [4.78, 5) is 28.3. The van der Waals surface area contributed by atoms with Crippen molar-refractivity contribution in [2.45, 2.75) is 57.4 Å². The lowest BCUT2D eigenvalue weighted by atomic mass is 9.95. The molecule has 0 radical (unpaired) electrons. The molecule has 4 heterocycles. The molecule has 0 unspecified atom stereocenters. The largest absolute Gasteiger partial charge is 0.416 e. The van der Waals surface area contributed by atoms with Gasteiger partial charge in [-0.1, -0.05) is 48.9 Å². The third-order valence-corrected chi connectivity index (χ3v) is 8.68. The van der Waals surface area contributed by atoms with Gasteiger partial charge in [-0.3, -0.25) is 14.7 Å². The van der Waals surface area contributed by atoms with Gasteiger partial charge in [0.25, 0.3) is 5.91 Å². The average molecular weight is 588 g/mol. The van der Waals surface area contributed by atoms with Crippen molar-refractivity contribution in [3.8, 4) is 11.3 Å². The Hall–Kier alpha value is -3.82. The van der Waals surface area contributed by atoms with E-state index < -0.39 is 11.7 Å². The molecule has 0 bridgehead atoms. The van der Waals surface area contributed by atoms with Crippen LogP contribution >= 0.6 is 0 Å². The Kier molecular flexibility index (Phi) is 8.72. The van der Waals surface area contributed by atoms with Crippen molar-refractivity contribution in [3.05, 3.63) is 95.2 Å². The van der Waals surface area contributed by atoms with Crippen molar-refractivity contribution in [3.63, 3.8) is 0 Å². The van der Waals surface area contributed by atoms with Gasteiger partial charge in [-0.25, -0.2) is 4.98 Å². The van der Waals surface area contributed by atoms with E-state index in [1.54, 1.807) is 24.4 Å². The highest BCUT2D eigenvalue weighted by Gasteiger charge is 2.32. The number of amides is 1. The molecular weight excluding hydrogens is 551 g/mol. The van der Waals surface area contributed by atoms with Crippen LogP contribution in [0.4, 0.5) is 13.2 Å². The normalized spacial score (nSPS) is 17.3. The smallest absolute Gasteiger partial charge is 0.348 e. The monoisotopic (exact) mass is 587 g/mol. The molecule has 43 heavy (non-hydrogen) atoms. The minimum Gasteiger partial charge on any atom is -0.348 e. The average Bonchev–Trinajstić information content (AvgIpc) is 3.04.